The number of aryl methyl sites for hydroxylation is 1. The summed E-state index contributed by atoms with van der Waals surface area (Å²) >= 11 is 1.84. The quantitative estimate of drug-likeness (QED) is 0.855. The first kappa shape index (κ1) is 13.7. The van der Waals surface area contributed by atoms with Gasteiger partial charge in [-0.15, -0.1) is 11.3 Å². The van der Waals surface area contributed by atoms with Crippen LogP contribution >= 0.6 is 11.3 Å². The number of hydrogen-bond acceptors (Lipinski definition) is 3. The van der Waals surface area contributed by atoms with Gasteiger partial charge in [-0.2, -0.15) is 0 Å². The van der Waals surface area contributed by atoms with Crippen molar-refractivity contribution < 1.29 is 4.74 Å². The summed E-state index contributed by atoms with van der Waals surface area (Å²) in [7, 11) is 1.71. The fraction of sp³-hybridized carbons (Fsp3) is 0.412. The Morgan fingerprint density at radius 1 is 1.25 bits per heavy atom. The van der Waals surface area contributed by atoms with Crippen LogP contribution in [-0.2, 0) is 6.54 Å². The normalized spacial score (nSPS) is 16.1. The van der Waals surface area contributed by atoms with Crippen LogP contribution in [0.25, 0.3) is 0 Å². The second-order valence-corrected chi connectivity index (χ2v) is 6.50. The maximum Gasteiger partial charge on any atom is 0.118 e. The molecule has 1 N–H and O–H groups in total. The van der Waals surface area contributed by atoms with Crippen molar-refractivity contribution in [2.45, 2.75) is 32.4 Å². The fourth-order valence-corrected chi connectivity index (χ4v) is 3.44. The Hall–Kier alpha value is -1.32. The van der Waals surface area contributed by atoms with Crippen LogP contribution in [0.5, 0.6) is 5.75 Å². The van der Waals surface area contributed by atoms with Gasteiger partial charge in [-0.05, 0) is 60.4 Å². The molecule has 1 unspecified atom stereocenters. The molecule has 2 aromatic rings. The minimum absolute atomic E-state index is 0.474. The van der Waals surface area contributed by atoms with Gasteiger partial charge >= 0.3 is 0 Å². The Morgan fingerprint density at radius 2 is 2.00 bits per heavy atom. The van der Waals surface area contributed by atoms with Gasteiger partial charge in [-0.1, -0.05) is 12.1 Å². The predicted molar refractivity (Wildman–Crippen MR) is 84.4 cm³/mol. The van der Waals surface area contributed by atoms with E-state index in [0.717, 1.165) is 18.2 Å². The molecule has 1 saturated carbocycles. The van der Waals surface area contributed by atoms with Gasteiger partial charge in [0.05, 0.1) is 7.11 Å². The molecule has 0 saturated heterocycles. The van der Waals surface area contributed by atoms with Crippen LogP contribution in [0.4, 0.5) is 0 Å². The average Bonchev–Trinajstić information content (AvgIpc) is 3.23. The molecule has 0 bridgehead atoms. The third-order valence-corrected chi connectivity index (χ3v) is 5.04. The number of benzene rings is 1. The zero-order chi connectivity index (χ0) is 13.9. The summed E-state index contributed by atoms with van der Waals surface area (Å²) in [4.78, 5) is 1.45. The second-order valence-electron chi connectivity index (χ2n) is 5.50. The Bertz CT molecular complexity index is 557. The highest BCUT2D eigenvalue weighted by Gasteiger charge is 2.32. The predicted octanol–water partition coefficient (Wildman–Crippen LogP) is 4.31. The zero-order valence-corrected chi connectivity index (χ0v) is 12.9. The fourth-order valence-electron chi connectivity index (χ4n) is 2.59. The summed E-state index contributed by atoms with van der Waals surface area (Å²) in [6.07, 6.45) is 2.68. The van der Waals surface area contributed by atoms with Crippen molar-refractivity contribution >= 4 is 11.3 Å². The van der Waals surface area contributed by atoms with Gasteiger partial charge in [0.25, 0.3) is 0 Å². The van der Waals surface area contributed by atoms with E-state index in [0.29, 0.717) is 6.04 Å². The maximum atomic E-state index is 5.24. The van der Waals surface area contributed by atoms with Crippen molar-refractivity contribution in [3.05, 3.63) is 51.7 Å². The molecule has 1 fully saturated rings. The first-order valence-electron chi connectivity index (χ1n) is 7.18. The maximum absolute atomic E-state index is 5.24. The van der Waals surface area contributed by atoms with E-state index < -0.39 is 0 Å². The minimum Gasteiger partial charge on any atom is -0.497 e. The molecule has 106 valence electrons. The summed E-state index contributed by atoms with van der Waals surface area (Å²) in [6.45, 7) is 3.16. The Labute approximate surface area is 124 Å². The molecule has 0 spiro atoms. The Morgan fingerprint density at radius 3 is 2.55 bits per heavy atom. The highest BCUT2D eigenvalue weighted by Crippen LogP contribution is 2.41. The lowest BCUT2D eigenvalue weighted by atomic mass is 10.0. The van der Waals surface area contributed by atoms with Crippen LogP contribution in [0.1, 0.15) is 34.9 Å². The molecule has 1 heterocycles. The smallest absolute Gasteiger partial charge is 0.118 e. The average molecular weight is 287 g/mol. The molecular weight excluding hydrogens is 266 g/mol. The number of nitrogens with one attached hydrogen (secondary N) is 1. The van der Waals surface area contributed by atoms with Gasteiger partial charge in [0, 0.05) is 17.5 Å². The van der Waals surface area contributed by atoms with E-state index in [1.165, 1.54) is 28.8 Å². The van der Waals surface area contributed by atoms with Gasteiger partial charge < -0.3 is 10.1 Å². The molecule has 20 heavy (non-hydrogen) atoms. The summed E-state index contributed by atoms with van der Waals surface area (Å²) in [5, 5.41) is 5.92. The van der Waals surface area contributed by atoms with Crippen LogP contribution in [0.15, 0.2) is 35.7 Å². The zero-order valence-electron chi connectivity index (χ0n) is 12.1. The van der Waals surface area contributed by atoms with Gasteiger partial charge in [-0.3, -0.25) is 0 Å². The molecule has 0 amide bonds. The molecule has 0 aliphatic heterocycles. The molecule has 1 atom stereocenters. The summed E-state index contributed by atoms with van der Waals surface area (Å²) in [5.41, 5.74) is 2.77. The molecule has 1 aliphatic rings. The molecule has 1 aliphatic carbocycles. The van der Waals surface area contributed by atoms with Crippen LogP contribution in [0.2, 0.25) is 0 Å². The lowest BCUT2D eigenvalue weighted by Crippen LogP contribution is -2.22. The van der Waals surface area contributed by atoms with Crippen molar-refractivity contribution in [3.8, 4) is 5.75 Å². The lowest BCUT2D eigenvalue weighted by Gasteiger charge is -2.19. The van der Waals surface area contributed by atoms with E-state index in [2.05, 4.69) is 48.0 Å². The van der Waals surface area contributed by atoms with E-state index >= 15 is 0 Å². The van der Waals surface area contributed by atoms with Crippen molar-refractivity contribution in [1.29, 1.82) is 0 Å². The van der Waals surface area contributed by atoms with Crippen molar-refractivity contribution in [2.24, 2.45) is 5.92 Å². The second kappa shape index (κ2) is 5.98. The SMILES string of the molecule is COc1ccc(C(NCc2sccc2C)C2CC2)cc1. The Balaban J connectivity index is 1.70. The molecule has 3 rings (SSSR count). The molecule has 1 aromatic carbocycles. The van der Waals surface area contributed by atoms with E-state index in [1.54, 1.807) is 7.11 Å². The summed E-state index contributed by atoms with van der Waals surface area (Å²) in [6, 6.07) is 11.2. The largest absolute Gasteiger partial charge is 0.497 e. The Kier molecular flexibility index (Phi) is 4.08. The van der Waals surface area contributed by atoms with Crippen LogP contribution in [0, 0.1) is 12.8 Å². The molecule has 0 radical (unpaired) electrons. The molecule has 3 heteroatoms. The first-order chi connectivity index (χ1) is 9.78. The van der Waals surface area contributed by atoms with Gasteiger partial charge in [-0.25, -0.2) is 0 Å². The topological polar surface area (TPSA) is 21.3 Å². The van der Waals surface area contributed by atoms with Gasteiger partial charge in [0.2, 0.25) is 0 Å². The van der Waals surface area contributed by atoms with E-state index in [4.69, 9.17) is 4.74 Å². The standard InChI is InChI=1S/C17H21NOS/c1-12-9-10-20-16(12)11-18-17(13-3-4-13)14-5-7-15(19-2)8-6-14/h5-10,13,17-18H,3-4,11H2,1-2H3. The number of thiophene rings is 1. The first-order valence-corrected chi connectivity index (χ1v) is 8.06. The minimum atomic E-state index is 0.474. The number of methoxy groups -OCH3 is 1. The van der Waals surface area contributed by atoms with Crippen LogP contribution in [0.3, 0.4) is 0 Å². The van der Waals surface area contributed by atoms with Crippen LogP contribution in [-0.4, -0.2) is 7.11 Å². The van der Waals surface area contributed by atoms with Gasteiger partial charge in [0.1, 0.15) is 5.75 Å². The number of hydrogen-bond donors (Lipinski definition) is 1. The highest BCUT2D eigenvalue weighted by atomic mass is 32.1. The number of rotatable bonds is 6. The van der Waals surface area contributed by atoms with Crippen LogP contribution < -0.4 is 10.1 Å². The van der Waals surface area contributed by atoms with Crippen molar-refractivity contribution in [1.82, 2.24) is 5.32 Å². The van der Waals surface area contributed by atoms with E-state index in [-0.39, 0.29) is 0 Å². The third kappa shape index (κ3) is 3.05. The highest BCUT2D eigenvalue weighted by molar-refractivity contribution is 7.10. The van der Waals surface area contributed by atoms with Crippen molar-refractivity contribution in [3.63, 3.8) is 0 Å². The monoisotopic (exact) mass is 287 g/mol. The van der Waals surface area contributed by atoms with Crippen molar-refractivity contribution in [2.75, 3.05) is 7.11 Å². The summed E-state index contributed by atoms with van der Waals surface area (Å²) < 4.78 is 5.24. The summed E-state index contributed by atoms with van der Waals surface area (Å²) in [5.74, 6) is 1.72. The van der Waals surface area contributed by atoms with E-state index in [1.807, 2.05) is 11.3 Å². The molecule has 1 aromatic heterocycles. The third-order valence-electron chi connectivity index (χ3n) is 4.02. The molecular formula is C17H21NOS. The lowest BCUT2D eigenvalue weighted by molar-refractivity contribution is 0.413. The molecule has 2 nitrogen and oxygen atoms in total. The number of ether oxygens (including phenoxy) is 1. The van der Waals surface area contributed by atoms with E-state index in [9.17, 15) is 0 Å². The van der Waals surface area contributed by atoms with Gasteiger partial charge in [0.15, 0.2) is 0 Å².